The van der Waals surface area contributed by atoms with E-state index in [1.54, 1.807) is 0 Å². The number of fused-ring (bicyclic) bond motifs is 5. The maximum Gasteiger partial charge on any atom is 0.122 e. The number of H-pyrrole nitrogens is 1. The molecule has 0 unspecified atom stereocenters. The fraction of sp³-hybridized carbons (Fsp3) is 0.0952. The van der Waals surface area contributed by atoms with Crippen LogP contribution in [0.25, 0.3) is 33.4 Å². The normalized spacial score (nSPS) is 12.6. The fourth-order valence-electron chi connectivity index (χ4n) is 4.03. The second-order valence-electron chi connectivity index (χ2n) is 6.53. The Balaban J connectivity index is 1.88. The maximum atomic E-state index is 9.79. The Bertz CT molecular complexity index is 1210. The molecular weight excluding hydrogens is 388 g/mol. The van der Waals surface area contributed by atoms with E-state index in [0.717, 1.165) is 45.5 Å². The van der Waals surface area contributed by atoms with Crippen molar-refractivity contribution in [3.63, 3.8) is 0 Å². The number of aromatic amines is 1. The van der Waals surface area contributed by atoms with Crippen LogP contribution in [0.5, 0.6) is 0 Å². The van der Waals surface area contributed by atoms with Crippen molar-refractivity contribution in [1.82, 2.24) is 9.55 Å². The summed E-state index contributed by atoms with van der Waals surface area (Å²) >= 11 is 3.48. The van der Waals surface area contributed by atoms with E-state index in [4.69, 9.17) is 5.73 Å². The molecule has 2 aromatic heterocycles. The fourth-order valence-corrected chi connectivity index (χ4v) is 4.29. The van der Waals surface area contributed by atoms with Crippen molar-refractivity contribution in [3.8, 4) is 28.6 Å². The molecule has 5 rings (SSSR count). The van der Waals surface area contributed by atoms with Crippen LogP contribution in [-0.2, 0) is 13.0 Å². The number of nitriles is 1. The van der Waals surface area contributed by atoms with Crippen LogP contribution in [0.2, 0.25) is 0 Å². The van der Waals surface area contributed by atoms with Crippen molar-refractivity contribution < 1.29 is 0 Å². The monoisotopic (exact) mass is 402 g/mol. The number of nitrogens with one attached hydrogen (secondary N) is 1. The van der Waals surface area contributed by atoms with Gasteiger partial charge in [-0.1, -0.05) is 46.3 Å². The molecule has 4 aromatic rings. The van der Waals surface area contributed by atoms with E-state index in [9.17, 15) is 5.26 Å². The Morgan fingerprint density at radius 1 is 1.12 bits per heavy atom. The minimum Gasteiger partial charge on any atom is -0.384 e. The number of para-hydroxylation sites is 1. The SMILES string of the molecule is N#Cc1c(-c2ccc(Br)cc2)c2n(c1N)CCc1c-2[nH]c2ccccc12. The van der Waals surface area contributed by atoms with Crippen molar-refractivity contribution in [3.05, 3.63) is 64.1 Å². The van der Waals surface area contributed by atoms with Gasteiger partial charge in [0.1, 0.15) is 17.5 Å². The standard InChI is InChI=1S/C21H15BrN4/c22-13-7-5-12(6-8-13)18-16(11-23)21(24)26-10-9-15-14-3-1-2-4-17(14)25-19(15)20(18)26/h1-8,25H,9-10,24H2. The summed E-state index contributed by atoms with van der Waals surface area (Å²) in [6.45, 7) is 0.779. The third-order valence-corrected chi connectivity index (χ3v) is 5.71. The Morgan fingerprint density at radius 2 is 1.88 bits per heavy atom. The largest absolute Gasteiger partial charge is 0.384 e. The average Bonchev–Trinajstić information content (AvgIpc) is 3.18. The lowest BCUT2D eigenvalue weighted by Crippen LogP contribution is -2.12. The van der Waals surface area contributed by atoms with E-state index in [2.05, 4.69) is 49.7 Å². The van der Waals surface area contributed by atoms with Crippen LogP contribution in [0.3, 0.4) is 0 Å². The number of aryl methyl sites for hydroxylation is 1. The number of hydrogen-bond donors (Lipinski definition) is 2. The van der Waals surface area contributed by atoms with Crippen molar-refractivity contribution >= 4 is 32.7 Å². The summed E-state index contributed by atoms with van der Waals surface area (Å²) in [5, 5.41) is 11.0. The molecule has 0 saturated heterocycles. The van der Waals surface area contributed by atoms with Crippen molar-refractivity contribution in [2.24, 2.45) is 0 Å². The van der Waals surface area contributed by atoms with Crippen LogP contribution in [-0.4, -0.2) is 9.55 Å². The molecule has 0 bridgehead atoms. The lowest BCUT2D eigenvalue weighted by Gasteiger charge is -2.19. The lowest BCUT2D eigenvalue weighted by molar-refractivity contribution is 0.699. The molecule has 126 valence electrons. The predicted molar refractivity (Wildman–Crippen MR) is 108 cm³/mol. The summed E-state index contributed by atoms with van der Waals surface area (Å²) in [5.41, 5.74) is 13.3. The maximum absolute atomic E-state index is 9.79. The molecule has 3 N–H and O–H groups in total. The number of aromatic nitrogens is 2. The molecule has 2 aromatic carbocycles. The van der Waals surface area contributed by atoms with Crippen molar-refractivity contribution in [1.29, 1.82) is 5.26 Å². The second kappa shape index (κ2) is 5.52. The van der Waals surface area contributed by atoms with Gasteiger partial charge in [-0.2, -0.15) is 5.26 Å². The molecule has 1 aliphatic rings. The van der Waals surface area contributed by atoms with Gasteiger partial charge in [-0.05, 0) is 35.7 Å². The lowest BCUT2D eigenvalue weighted by atomic mass is 9.96. The summed E-state index contributed by atoms with van der Waals surface area (Å²) < 4.78 is 3.08. The first-order chi connectivity index (χ1) is 12.7. The molecule has 0 saturated carbocycles. The van der Waals surface area contributed by atoms with Gasteiger partial charge in [0.05, 0.1) is 11.4 Å². The minimum atomic E-state index is 0.546. The summed E-state index contributed by atoms with van der Waals surface area (Å²) in [7, 11) is 0. The highest BCUT2D eigenvalue weighted by molar-refractivity contribution is 9.10. The number of rotatable bonds is 1. The summed E-state index contributed by atoms with van der Waals surface area (Å²) in [5.74, 6) is 0.546. The summed E-state index contributed by atoms with van der Waals surface area (Å²) in [6.07, 6.45) is 0.899. The first-order valence-corrected chi connectivity index (χ1v) is 9.26. The molecule has 0 amide bonds. The van der Waals surface area contributed by atoms with Gasteiger partial charge < -0.3 is 15.3 Å². The highest BCUT2D eigenvalue weighted by Gasteiger charge is 2.29. The average molecular weight is 403 g/mol. The van der Waals surface area contributed by atoms with E-state index >= 15 is 0 Å². The Kier molecular flexibility index (Phi) is 3.25. The Hall–Kier alpha value is -2.97. The number of hydrogen-bond acceptors (Lipinski definition) is 2. The van der Waals surface area contributed by atoms with Crippen molar-refractivity contribution in [2.45, 2.75) is 13.0 Å². The molecule has 0 spiro atoms. The van der Waals surface area contributed by atoms with E-state index in [-0.39, 0.29) is 0 Å². The summed E-state index contributed by atoms with van der Waals surface area (Å²) in [6, 6.07) is 18.7. The minimum absolute atomic E-state index is 0.546. The Labute approximate surface area is 159 Å². The van der Waals surface area contributed by atoms with E-state index in [1.165, 1.54) is 10.9 Å². The third kappa shape index (κ3) is 2.00. The molecule has 26 heavy (non-hydrogen) atoms. The van der Waals surface area contributed by atoms with Gasteiger partial charge in [-0.25, -0.2) is 0 Å². The van der Waals surface area contributed by atoms with Crippen LogP contribution in [0.1, 0.15) is 11.1 Å². The van der Waals surface area contributed by atoms with Crippen LogP contribution in [0.4, 0.5) is 5.82 Å². The number of benzene rings is 2. The molecule has 0 fully saturated rings. The molecule has 0 radical (unpaired) electrons. The molecule has 1 aliphatic heterocycles. The molecule has 0 aliphatic carbocycles. The van der Waals surface area contributed by atoms with Crippen LogP contribution in [0.15, 0.2) is 53.0 Å². The molecule has 3 heterocycles. The van der Waals surface area contributed by atoms with Crippen LogP contribution in [0, 0.1) is 11.3 Å². The zero-order valence-corrected chi connectivity index (χ0v) is 15.5. The Morgan fingerprint density at radius 3 is 2.65 bits per heavy atom. The van der Waals surface area contributed by atoms with Crippen LogP contribution < -0.4 is 5.73 Å². The number of nitrogens with zero attached hydrogens (tertiary/aromatic N) is 2. The van der Waals surface area contributed by atoms with Gasteiger partial charge in [0.2, 0.25) is 0 Å². The van der Waals surface area contributed by atoms with Gasteiger partial charge in [-0.3, -0.25) is 0 Å². The van der Waals surface area contributed by atoms with Gasteiger partial charge in [0, 0.05) is 27.5 Å². The molecular formula is C21H15BrN4. The summed E-state index contributed by atoms with van der Waals surface area (Å²) in [4.78, 5) is 3.56. The number of nitrogens with two attached hydrogens (primary N) is 1. The van der Waals surface area contributed by atoms with Crippen LogP contribution >= 0.6 is 15.9 Å². The first-order valence-electron chi connectivity index (χ1n) is 8.47. The van der Waals surface area contributed by atoms with E-state index in [1.807, 2.05) is 30.3 Å². The van der Waals surface area contributed by atoms with Crippen molar-refractivity contribution in [2.75, 3.05) is 5.73 Å². The van der Waals surface area contributed by atoms with E-state index in [0.29, 0.717) is 11.4 Å². The van der Waals surface area contributed by atoms with Gasteiger partial charge >= 0.3 is 0 Å². The zero-order valence-electron chi connectivity index (χ0n) is 13.9. The zero-order chi connectivity index (χ0) is 17.8. The quantitative estimate of drug-likeness (QED) is 0.466. The number of halogens is 1. The predicted octanol–water partition coefficient (Wildman–Crippen LogP) is 5.08. The molecule has 4 nitrogen and oxygen atoms in total. The topological polar surface area (TPSA) is 70.5 Å². The molecule has 0 atom stereocenters. The molecule has 5 heteroatoms. The number of anilines is 1. The number of nitrogen functional groups attached to an aromatic ring is 1. The third-order valence-electron chi connectivity index (χ3n) is 5.18. The van der Waals surface area contributed by atoms with Gasteiger partial charge in [0.15, 0.2) is 0 Å². The van der Waals surface area contributed by atoms with E-state index < -0.39 is 0 Å². The highest BCUT2D eigenvalue weighted by Crippen LogP contribution is 2.45. The van der Waals surface area contributed by atoms with Gasteiger partial charge in [0.25, 0.3) is 0 Å². The van der Waals surface area contributed by atoms with Gasteiger partial charge in [-0.15, -0.1) is 0 Å². The first kappa shape index (κ1) is 15.3. The smallest absolute Gasteiger partial charge is 0.122 e. The second-order valence-corrected chi connectivity index (χ2v) is 7.44. The highest BCUT2D eigenvalue weighted by atomic mass is 79.9.